The third-order valence-corrected chi connectivity index (χ3v) is 8.99. The number of halogens is 3. The smallest absolute Gasteiger partial charge is 0.253 e. The van der Waals surface area contributed by atoms with E-state index in [9.17, 15) is 13.2 Å². The molecule has 0 aliphatic carbocycles. The first-order chi connectivity index (χ1) is 18.6. The Labute approximate surface area is 254 Å². The molecule has 0 aromatic heterocycles. The van der Waals surface area contributed by atoms with Crippen LogP contribution in [0.25, 0.3) is 0 Å². The van der Waals surface area contributed by atoms with Crippen molar-refractivity contribution in [3.63, 3.8) is 0 Å². The molecule has 4 rings (SSSR count). The van der Waals surface area contributed by atoms with Gasteiger partial charge >= 0.3 is 0 Å². The molecule has 0 spiro atoms. The number of carbonyl (C=O) groups is 1. The number of sulfonamides is 1. The molecular formula is C30H36Cl3N3O3S. The minimum absolute atomic E-state index is 0. The van der Waals surface area contributed by atoms with Crippen molar-refractivity contribution in [2.75, 3.05) is 39.5 Å². The van der Waals surface area contributed by atoms with E-state index in [0.29, 0.717) is 35.0 Å². The maximum atomic E-state index is 13.1. The minimum Gasteiger partial charge on any atom is -0.341 e. The lowest BCUT2D eigenvalue weighted by atomic mass is 9.81. The van der Waals surface area contributed by atoms with E-state index in [1.165, 1.54) is 6.26 Å². The standard InChI is InChI=1S/C30H35Cl2N3O3S.ClH/c1-34(29(36)23-9-5-3-6-10-23)22-25(24-13-14-27(31)28(32)21-24)15-18-35-19-16-30(17-20-35,33-39(2,37)38)26-11-7-4-8-12-26;/h3-14,21,25,33H,15-20,22H2,1-2H3;1H. The van der Waals surface area contributed by atoms with Gasteiger partial charge in [-0.05, 0) is 61.2 Å². The molecule has 1 N–H and O–H groups in total. The molecule has 3 aromatic carbocycles. The first-order valence-corrected chi connectivity index (χ1v) is 15.7. The normalized spacial score (nSPS) is 16.1. The number of rotatable bonds is 10. The molecule has 40 heavy (non-hydrogen) atoms. The fraction of sp³-hybridized carbons (Fsp3) is 0.367. The van der Waals surface area contributed by atoms with Crippen LogP contribution in [0, 0.1) is 0 Å². The second-order valence-corrected chi connectivity index (χ2v) is 12.9. The molecule has 1 fully saturated rings. The number of nitrogens with zero attached hydrogens (tertiary/aromatic N) is 2. The van der Waals surface area contributed by atoms with E-state index in [2.05, 4.69) is 9.62 Å². The van der Waals surface area contributed by atoms with Gasteiger partial charge in [0.1, 0.15) is 0 Å². The van der Waals surface area contributed by atoms with Crippen LogP contribution < -0.4 is 4.72 Å². The Morgan fingerprint density at radius 2 is 1.57 bits per heavy atom. The number of carbonyl (C=O) groups excluding carboxylic acids is 1. The average molecular weight is 625 g/mol. The molecule has 1 atom stereocenters. The van der Waals surface area contributed by atoms with Crippen molar-refractivity contribution >= 4 is 51.5 Å². The quantitative estimate of drug-likeness (QED) is 0.292. The molecule has 1 heterocycles. The van der Waals surface area contributed by atoms with Gasteiger partial charge in [0.2, 0.25) is 10.0 Å². The number of nitrogens with one attached hydrogen (secondary N) is 1. The highest BCUT2D eigenvalue weighted by molar-refractivity contribution is 7.88. The van der Waals surface area contributed by atoms with Gasteiger partial charge in [0.25, 0.3) is 5.91 Å². The lowest BCUT2D eigenvalue weighted by Gasteiger charge is -2.42. The summed E-state index contributed by atoms with van der Waals surface area (Å²) in [5, 5.41) is 0.994. The third kappa shape index (κ3) is 8.44. The van der Waals surface area contributed by atoms with Gasteiger partial charge in [0.05, 0.1) is 21.8 Å². The summed E-state index contributed by atoms with van der Waals surface area (Å²) in [6.07, 6.45) is 3.38. The van der Waals surface area contributed by atoms with Crippen LogP contribution in [-0.4, -0.2) is 63.6 Å². The van der Waals surface area contributed by atoms with Gasteiger partial charge in [-0.1, -0.05) is 77.8 Å². The predicted molar refractivity (Wildman–Crippen MR) is 166 cm³/mol. The first kappa shape index (κ1) is 32.4. The number of amides is 1. The average Bonchev–Trinajstić information content (AvgIpc) is 2.93. The van der Waals surface area contributed by atoms with E-state index in [0.717, 1.165) is 37.2 Å². The third-order valence-electron chi connectivity index (χ3n) is 7.49. The van der Waals surface area contributed by atoms with Gasteiger partial charge < -0.3 is 9.80 Å². The van der Waals surface area contributed by atoms with Crippen LogP contribution in [-0.2, 0) is 15.6 Å². The molecule has 1 unspecified atom stereocenters. The molecule has 1 aliphatic heterocycles. The summed E-state index contributed by atoms with van der Waals surface area (Å²) in [4.78, 5) is 17.2. The largest absolute Gasteiger partial charge is 0.341 e. The van der Waals surface area contributed by atoms with E-state index in [-0.39, 0.29) is 24.2 Å². The number of likely N-dealkylation sites (N-methyl/N-ethyl adjacent to an activating group) is 1. The Balaban J connectivity index is 0.00000441. The van der Waals surface area contributed by atoms with Crippen LogP contribution in [0.2, 0.25) is 10.0 Å². The number of hydrogen-bond donors (Lipinski definition) is 1. The topological polar surface area (TPSA) is 69.7 Å². The van der Waals surface area contributed by atoms with E-state index >= 15 is 0 Å². The Kier molecular flexibility index (Phi) is 11.5. The van der Waals surface area contributed by atoms with Crippen LogP contribution in [0.1, 0.15) is 46.7 Å². The van der Waals surface area contributed by atoms with Crippen LogP contribution in [0.3, 0.4) is 0 Å². The molecule has 216 valence electrons. The summed E-state index contributed by atoms with van der Waals surface area (Å²) >= 11 is 12.6. The predicted octanol–water partition coefficient (Wildman–Crippen LogP) is 6.20. The molecule has 6 nitrogen and oxygen atoms in total. The molecule has 1 aliphatic rings. The van der Waals surface area contributed by atoms with Crippen LogP contribution in [0.5, 0.6) is 0 Å². The van der Waals surface area contributed by atoms with Crippen LogP contribution in [0.15, 0.2) is 78.9 Å². The highest BCUT2D eigenvalue weighted by Gasteiger charge is 2.38. The second-order valence-electron chi connectivity index (χ2n) is 10.4. The van der Waals surface area contributed by atoms with Crippen molar-refractivity contribution in [2.45, 2.75) is 30.7 Å². The molecule has 10 heteroatoms. The maximum Gasteiger partial charge on any atom is 0.253 e. The number of hydrogen-bond acceptors (Lipinski definition) is 4. The fourth-order valence-electron chi connectivity index (χ4n) is 5.40. The van der Waals surface area contributed by atoms with Crippen molar-refractivity contribution in [3.8, 4) is 0 Å². The van der Waals surface area contributed by atoms with Crippen molar-refractivity contribution in [2.24, 2.45) is 0 Å². The van der Waals surface area contributed by atoms with Gasteiger partial charge in [0, 0.05) is 38.2 Å². The highest BCUT2D eigenvalue weighted by Crippen LogP contribution is 2.35. The Morgan fingerprint density at radius 1 is 0.975 bits per heavy atom. The van der Waals surface area contributed by atoms with Crippen LogP contribution >= 0.6 is 35.6 Å². The van der Waals surface area contributed by atoms with Crippen molar-refractivity contribution in [3.05, 3.63) is 106 Å². The minimum atomic E-state index is -3.39. The summed E-state index contributed by atoms with van der Waals surface area (Å²) in [5.74, 6) is 0.0190. The monoisotopic (exact) mass is 623 g/mol. The molecule has 1 amide bonds. The maximum absolute atomic E-state index is 13.1. The molecule has 3 aromatic rings. The van der Waals surface area contributed by atoms with E-state index < -0.39 is 15.6 Å². The van der Waals surface area contributed by atoms with Gasteiger partial charge in [-0.2, -0.15) is 0 Å². The summed E-state index contributed by atoms with van der Waals surface area (Å²) < 4.78 is 27.5. The lowest BCUT2D eigenvalue weighted by Crippen LogP contribution is -2.53. The number of benzene rings is 3. The Morgan fingerprint density at radius 3 is 2.15 bits per heavy atom. The van der Waals surface area contributed by atoms with E-state index in [1.54, 1.807) is 11.0 Å². The Bertz CT molecular complexity index is 1370. The zero-order valence-corrected chi connectivity index (χ0v) is 25.9. The number of likely N-dealkylation sites (tertiary alicyclic amines) is 1. The summed E-state index contributed by atoms with van der Waals surface area (Å²) in [6, 6.07) is 24.8. The van der Waals surface area contributed by atoms with Crippen molar-refractivity contribution < 1.29 is 13.2 Å². The summed E-state index contributed by atoms with van der Waals surface area (Å²) in [6.45, 7) is 2.85. The summed E-state index contributed by atoms with van der Waals surface area (Å²) in [7, 11) is -1.57. The SMILES string of the molecule is CN(CC(CCN1CCC(NS(C)(=O)=O)(c2ccccc2)CC1)c1ccc(Cl)c(Cl)c1)C(=O)c1ccccc1.Cl. The summed E-state index contributed by atoms with van der Waals surface area (Å²) in [5.41, 5.74) is 2.06. The van der Waals surface area contributed by atoms with E-state index in [1.807, 2.05) is 79.8 Å². The number of piperidine rings is 1. The first-order valence-electron chi connectivity index (χ1n) is 13.1. The molecule has 0 saturated carbocycles. The van der Waals surface area contributed by atoms with Crippen molar-refractivity contribution in [1.82, 2.24) is 14.5 Å². The van der Waals surface area contributed by atoms with Crippen LogP contribution in [0.4, 0.5) is 0 Å². The highest BCUT2D eigenvalue weighted by atomic mass is 35.5. The molecule has 1 saturated heterocycles. The van der Waals surface area contributed by atoms with Gasteiger partial charge in [-0.25, -0.2) is 13.1 Å². The van der Waals surface area contributed by atoms with Gasteiger partial charge in [-0.3, -0.25) is 4.79 Å². The zero-order chi connectivity index (χ0) is 28.0. The fourth-order valence-corrected chi connectivity index (χ4v) is 6.74. The molecule has 0 radical (unpaired) electrons. The lowest BCUT2D eigenvalue weighted by molar-refractivity contribution is 0.0779. The van der Waals surface area contributed by atoms with Gasteiger partial charge in [-0.15, -0.1) is 12.4 Å². The van der Waals surface area contributed by atoms with Gasteiger partial charge in [0.15, 0.2) is 0 Å². The Hall–Kier alpha value is -2.13. The van der Waals surface area contributed by atoms with Crippen molar-refractivity contribution in [1.29, 1.82) is 0 Å². The zero-order valence-electron chi connectivity index (χ0n) is 22.7. The molecule has 0 bridgehead atoms. The van der Waals surface area contributed by atoms with E-state index in [4.69, 9.17) is 23.2 Å². The molecular weight excluding hydrogens is 589 g/mol. The second kappa shape index (κ2) is 14.2.